The van der Waals surface area contributed by atoms with Crippen LogP contribution in [0.15, 0.2) is 12.1 Å². The molecule has 1 saturated heterocycles. The van der Waals surface area contributed by atoms with Crippen molar-refractivity contribution in [1.82, 2.24) is 4.90 Å². The first-order valence-electron chi connectivity index (χ1n) is 14.3. The molecule has 6 aliphatic carbocycles. The second kappa shape index (κ2) is 7.04. The first-order valence-corrected chi connectivity index (χ1v) is 14.3. The van der Waals surface area contributed by atoms with E-state index in [1.165, 1.54) is 43.4 Å². The van der Waals surface area contributed by atoms with E-state index in [9.17, 15) is 4.79 Å². The van der Waals surface area contributed by atoms with Gasteiger partial charge in [-0.05, 0) is 81.9 Å². The van der Waals surface area contributed by atoms with Gasteiger partial charge in [0.15, 0.2) is 11.5 Å². The summed E-state index contributed by atoms with van der Waals surface area (Å²) in [6.07, 6.45) is 12.5. The van der Waals surface area contributed by atoms with Crippen LogP contribution in [0.25, 0.3) is 0 Å². The number of benzene rings is 1. The molecular weight excluding hydrogens is 438 g/mol. The largest absolute Gasteiger partial charge is 0.493 e. The van der Waals surface area contributed by atoms with E-state index >= 15 is 0 Å². The molecule has 0 N–H and O–H groups in total. The first-order chi connectivity index (χ1) is 17.1. The first kappa shape index (κ1) is 21.5. The zero-order valence-corrected chi connectivity index (χ0v) is 21.3. The van der Waals surface area contributed by atoms with Crippen LogP contribution in [-0.4, -0.2) is 55.7 Å². The normalized spacial score (nSPS) is 43.2. The van der Waals surface area contributed by atoms with Gasteiger partial charge in [-0.1, -0.05) is 18.9 Å². The number of piperidine rings is 1. The van der Waals surface area contributed by atoms with Crippen molar-refractivity contribution in [2.45, 2.75) is 93.8 Å². The van der Waals surface area contributed by atoms with Crippen molar-refractivity contribution in [3.63, 3.8) is 0 Å². The number of ether oxygens (including phenoxy) is 3. The highest BCUT2D eigenvalue weighted by Crippen LogP contribution is 2.77. The topological polar surface area (TPSA) is 48.0 Å². The molecule has 0 aromatic heterocycles. The van der Waals surface area contributed by atoms with Gasteiger partial charge in [0.2, 0.25) is 0 Å². The summed E-state index contributed by atoms with van der Waals surface area (Å²) in [5.41, 5.74) is 2.39. The van der Waals surface area contributed by atoms with Crippen molar-refractivity contribution in [2.24, 2.45) is 23.2 Å². The molecule has 0 radical (unpaired) electrons. The Morgan fingerprint density at radius 2 is 1.94 bits per heavy atom. The quantitative estimate of drug-likeness (QED) is 0.596. The molecule has 6 fully saturated rings. The fourth-order valence-corrected chi connectivity index (χ4v) is 10.4. The van der Waals surface area contributed by atoms with Crippen molar-refractivity contribution in [1.29, 1.82) is 0 Å². The molecule has 5 nitrogen and oxygen atoms in total. The number of fused-ring (bicyclic) bond motifs is 2. The minimum atomic E-state index is -0.525. The zero-order chi connectivity index (χ0) is 23.6. The van der Waals surface area contributed by atoms with E-state index in [-0.39, 0.29) is 28.8 Å². The summed E-state index contributed by atoms with van der Waals surface area (Å²) >= 11 is 0. The van der Waals surface area contributed by atoms with Crippen LogP contribution in [0, 0.1) is 23.2 Å². The van der Waals surface area contributed by atoms with Gasteiger partial charge in [-0.3, -0.25) is 9.69 Å². The van der Waals surface area contributed by atoms with Crippen LogP contribution in [0.3, 0.4) is 0 Å². The van der Waals surface area contributed by atoms with E-state index in [1.54, 1.807) is 7.11 Å². The molecule has 1 aromatic carbocycles. The van der Waals surface area contributed by atoms with E-state index in [1.807, 2.05) is 7.11 Å². The fourth-order valence-electron chi connectivity index (χ4n) is 10.4. The lowest BCUT2D eigenvalue weighted by molar-refractivity contribution is -0.272. The van der Waals surface area contributed by atoms with Crippen LogP contribution in [0.1, 0.15) is 75.3 Å². The third-order valence-electron chi connectivity index (χ3n) is 12.0. The molecule has 6 atom stereocenters. The minimum absolute atomic E-state index is 0.0484. The fraction of sp³-hybridized carbons (Fsp3) is 0.767. The van der Waals surface area contributed by atoms with Crippen molar-refractivity contribution in [3.05, 3.63) is 23.3 Å². The molecule has 8 aliphatic rings. The molecule has 9 rings (SSSR count). The SMILES string of the molecule is COc1ccc2c3c1O[C@H]1[C@@]4(OC)CC[C@@]5(C[C@@H]4C(=O)C4CCCC4)[C@@H](C2)N(CC2CC2)CC[C@]315. The summed E-state index contributed by atoms with van der Waals surface area (Å²) in [4.78, 5) is 17.1. The van der Waals surface area contributed by atoms with E-state index in [4.69, 9.17) is 14.2 Å². The van der Waals surface area contributed by atoms with E-state index in [2.05, 4.69) is 17.0 Å². The van der Waals surface area contributed by atoms with Crippen LogP contribution >= 0.6 is 0 Å². The predicted molar refractivity (Wildman–Crippen MR) is 132 cm³/mol. The van der Waals surface area contributed by atoms with Crippen LogP contribution < -0.4 is 9.47 Å². The number of Topliss-reactive ketones (excluding diaryl/α,β-unsaturated/α-hetero) is 1. The second-order valence-corrected chi connectivity index (χ2v) is 13.0. The van der Waals surface area contributed by atoms with Crippen molar-refractivity contribution < 1.29 is 19.0 Å². The number of carbonyl (C=O) groups excluding carboxylic acids is 1. The highest BCUT2D eigenvalue weighted by Gasteiger charge is 2.81. The maximum Gasteiger partial charge on any atom is 0.165 e. The molecule has 0 unspecified atom stereocenters. The Morgan fingerprint density at radius 3 is 2.69 bits per heavy atom. The third kappa shape index (κ3) is 2.41. The average molecular weight is 478 g/mol. The average Bonchev–Trinajstić information content (AvgIpc) is 3.37. The summed E-state index contributed by atoms with van der Waals surface area (Å²) in [6, 6.07) is 4.93. The maximum atomic E-state index is 14.2. The van der Waals surface area contributed by atoms with Gasteiger partial charge in [-0.15, -0.1) is 0 Å². The molecule has 1 aromatic rings. The number of methoxy groups -OCH3 is 2. The molecule has 5 heteroatoms. The van der Waals surface area contributed by atoms with Gasteiger partial charge < -0.3 is 14.2 Å². The Labute approximate surface area is 208 Å². The summed E-state index contributed by atoms with van der Waals surface area (Å²) in [5.74, 6) is 3.36. The Bertz CT molecular complexity index is 1090. The van der Waals surface area contributed by atoms with E-state index in [0.29, 0.717) is 11.8 Å². The number of hydrogen-bond acceptors (Lipinski definition) is 5. The van der Waals surface area contributed by atoms with Crippen molar-refractivity contribution in [2.75, 3.05) is 27.3 Å². The Kier molecular flexibility index (Phi) is 4.32. The molecule has 5 saturated carbocycles. The molecule has 35 heavy (non-hydrogen) atoms. The lowest BCUT2D eigenvalue weighted by atomic mass is 9.34. The van der Waals surface area contributed by atoms with Gasteiger partial charge in [0.1, 0.15) is 17.5 Å². The van der Waals surface area contributed by atoms with Gasteiger partial charge in [-0.2, -0.15) is 0 Å². The van der Waals surface area contributed by atoms with Gasteiger partial charge in [0.25, 0.3) is 0 Å². The number of carbonyl (C=O) groups is 1. The number of rotatable bonds is 6. The summed E-state index contributed by atoms with van der Waals surface area (Å²) in [5, 5.41) is 0. The highest BCUT2D eigenvalue weighted by molar-refractivity contribution is 5.86. The van der Waals surface area contributed by atoms with Gasteiger partial charge >= 0.3 is 0 Å². The van der Waals surface area contributed by atoms with E-state index < -0.39 is 5.60 Å². The van der Waals surface area contributed by atoms with Crippen LogP contribution in [0.2, 0.25) is 0 Å². The lowest BCUT2D eigenvalue weighted by Gasteiger charge is -2.73. The van der Waals surface area contributed by atoms with Crippen molar-refractivity contribution in [3.8, 4) is 11.5 Å². The molecule has 2 heterocycles. The van der Waals surface area contributed by atoms with Gasteiger partial charge in [0.05, 0.1) is 13.0 Å². The van der Waals surface area contributed by atoms with Crippen LogP contribution in [0.5, 0.6) is 11.5 Å². The second-order valence-electron chi connectivity index (χ2n) is 13.0. The summed E-state index contributed by atoms with van der Waals surface area (Å²) in [6.45, 7) is 2.38. The number of likely N-dealkylation sites (tertiary alicyclic amines) is 1. The third-order valence-corrected chi connectivity index (χ3v) is 12.0. The van der Waals surface area contributed by atoms with Crippen LogP contribution in [0.4, 0.5) is 0 Å². The Balaban J connectivity index is 1.33. The standard InChI is InChI=1S/C30H39NO4/c1-33-22-10-9-20-15-23-28-11-12-30(34-2,21(16-28)25(32)19-5-3-4-6-19)27-29(28,24(20)26(22)35-27)13-14-31(23)17-18-7-8-18/h9-10,18-19,21,23,27H,3-8,11-17H2,1-2H3/t21-,23-,27-,28-,29+,30-/m1/s1. The molecule has 2 aliphatic heterocycles. The minimum Gasteiger partial charge on any atom is -0.493 e. The molecule has 188 valence electrons. The molecule has 2 spiro atoms. The van der Waals surface area contributed by atoms with Gasteiger partial charge in [0, 0.05) is 42.0 Å². The predicted octanol–water partition coefficient (Wildman–Crippen LogP) is 4.68. The maximum absolute atomic E-state index is 14.2. The number of ketones is 1. The summed E-state index contributed by atoms with van der Waals surface area (Å²) in [7, 11) is 3.62. The lowest BCUT2D eigenvalue weighted by Crippen LogP contribution is -2.81. The van der Waals surface area contributed by atoms with E-state index in [0.717, 1.165) is 68.9 Å². The zero-order valence-electron chi connectivity index (χ0n) is 21.3. The Morgan fingerprint density at radius 1 is 1.11 bits per heavy atom. The van der Waals surface area contributed by atoms with Crippen LogP contribution in [-0.2, 0) is 21.4 Å². The highest BCUT2D eigenvalue weighted by atomic mass is 16.6. The number of nitrogens with zero attached hydrogens (tertiary/aromatic N) is 1. The molecule has 0 amide bonds. The Hall–Kier alpha value is -1.59. The van der Waals surface area contributed by atoms with Gasteiger partial charge in [-0.25, -0.2) is 0 Å². The monoisotopic (exact) mass is 477 g/mol. The molecular formula is C30H39NO4. The molecule has 4 bridgehead atoms. The smallest absolute Gasteiger partial charge is 0.165 e. The summed E-state index contributed by atoms with van der Waals surface area (Å²) < 4.78 is 19.5. The number of hydrogen-bond donors (Lipinski definition) is 0. The van der Waals surface area contributed by atoms with Crippen molar-refractivity contribution >= 4 is 5.78 Å².